The summed E-state index contributed by atoms with van der Waals surface area (Å²) in [4.78, 5) is 13.8. The number of aryl methyl sites for hydroxylation is 1. The monoisotopic (exact) mass is 465 g/mol. The van der Waals surface area contributed by atoms with Gasteiger partial charge in [0.25, 0.3) is 10.0 Å². The van der Waals surface area contributed by atoms with Gasteiger partial charge in [-0.1, -0.05) is 30.3 Å². The van der Waals surface area contributed by atoms with Crippen molar-refractivity contribution in [1.82, 2.24) is 3.97 Å². The third-order valence-electron chi connectivity index (χ3n) is 5.36. The SMILES string of the molecule is COc1cc(C(=O)c2cc3ccc(C)cc3n2S(=O)(=O)c2ccccc2)cc(OC)c1OC. The molecule has 33 heavy (non-hydrogen) atoms. The lowest BCUT2D eigenvalue weighted by Gasteiger charge is -2.15. The molecule has 1 aromatic heterocycles. The summed E-state index contributed by atoms with van der Waals surface area (Å²) in [6.45, 7) is 1.87. The average molecular weight is 466 g/mol. The lowest BCUT2D eigenvalue weighted by Crippen LogP contribution is -2.19. The normalized spacial score (nSPS) is 11.4. The summed E-state index contributed by atoms with van der Waals surface area (Å²) in [6.07, 6.45) is 0. The van der Waals surface area contributed by atoms with Crippen LogP contribution in [0.2, 0.25) is 0 Å². The summed E-state index contributed by atoms with van der Waals surface area (Å²) in [5.74, 6) is 0.432. The van der Waals surface area contributed by atoms with E-state index in [-0.39, 0.29) is 16.2 Å². The predicted octanol–water partition coefficient (Wildman–Crippen LogP) is 4.44. The molecule has 0 bridgehead atoms. The lowest BCUT2D eigenvalue weighted by molar-refractivity contribution is 0.103. The molecule has 0 N–H and O–H groups in total. The fourth-order valence-electron chi connectivity index (χ4n) is 3.76. The number of ketones is 1. The van der Waals surface area contributed by atoms with E-state index in [0.717, 1.165) is 9.54 Å². The van der Waals surface area contributed by atoms with Crippen LogP contribution >= 0.6 is 0 Å². The molecule has 0 saturated heterocycles. The molecule has 0 fully saturated rings. The molecule has 4 aromatic rings. The molecule has 7 nitrogen and oxygen atoms in total. The second-order valence-electron chi connectivity index (χ2n) is 7.42. The molecule has 0 aliphatic carbocycles. The van der Waals surface area contributed by atoms with Crippen LogP contribution in [0.25, 0.3) is 10.9 Å². The second-order valence-corrected chi connectivity index (χ2v) is 9.20. The minimum absolute atomic E-state index is 0.00808. The number of fused-ring (bicyclic) bond motifs is 1. The van der Waals surface area contributed by atoms with Crippen LogP contribution in [-0.2, 0) is 10.0 Å². The van der Waals surface area contributed by atoms with Crippen molar-refractivity contribution in [3.05, 3.63) is 83.6 Å². The largest absolute Gasteiger partial charge is 0.493 e. The molecule has 0 unspecified atom stereocenters. The Kier molecular flexibility index (Phi) is 5.86. The number of rotatable bonds is 7. The summed E-state index contributed by atoms with van der Waals surface area (Å²) in [5.41, 5.74) is 1.51. The first-order valence-corrected chi connectivity index (χ1v) is 11.5. The minimum atomic E-state index is -4.06. The van der Waals surface area contributed by atoms with E-state index in [2.05, 4.69) is 0 Å². The standard InChI is InChI=1S/C25H23NO6S/c1-16-10-11-17-13-21(24(27)18-14-22(30-2)25(32-4)23(15-18)31-3)26(20(17)12-16)33(28,29)19-8-6-5-7-9-19/h5-15H,1-4H3. The van der Waals surface area contributed by atoms with Crippen LogP contribution in [0.5, 0.6) is 17.2 Å². The van der Waals surface area contributed by atoms with Gasteiger partial charge in [-0.25, -0.2) is 12.4 Å². The number of methoxy groups -OCH3 is 3. The highest BCUT2D eigenvalue weighted by atomic mass is 32.2. The van der Waals surface area contributed by atoms with Crippen LogP contribution < -0.4 is 14.2 Å². The second kappa shape index (κ2) is 8.63. The van der Waals surface area contributed by atoms with E-state index in [1.165, 1.54) is 45.6 Å². The Morgan fingerprint density at radius 1 is 0.818 bits per heavy atom. The third-order valence-corrected chi connectivity index (χ3v) is 7.10. The van der Waals surface area contributed by atoms with E-state index in [0.29, 0.717) is 28.2 Å². The van der Waals surface area contributed by atoms with Gasteiger partial charge in [-0.05, 0) is 48.9 Å². The number of hydrogen-bond acceptors (Lipinski definition) is 6. The van der Waals surface area contributed by atoms with E-state index < -0.39 is 15.8 Å². The van der Waals surface area contributed by atoms with Crippen molar-refractivity contribution in [1.29, 1.82) is 0 Å². The van der Waals surface area contributed by atoms with E-state index in [9.17, 15) is 13.2 Å². The van der Waals surface area contributed by atoms with E-state index in [1.54, 1.807) is 36.4 Å². The smallest absolute Gasteiger partial charge is 0.268 e. The Hall–Kier alpha value is -3.78. The van der Waals surface area contributed by atoms with Gasteiger partial charge < -0.3 is 14.2 Å². The molecule has 0 aliphatic heterocycles. The number of aromatic nitrogens is 1. The lowest BCUT2D eigenvalue weighted by atomic mass is 10.1. The fourth-order valence-corrected chi connectivity index (χ4v) is 5.29. The summed E-state index contributed by atoms with van der Waals surface area (Å²) >= 11 is 0. The third kappa shape index (κ3) is 3.82. The zero-order chi connectivity index (χ0) is 23.8. The van der Waals surface area contributed by atoms with Gasteiger partial charge in [0.15, 0.2) is 11.5 Å². The number of carbonyl (C=O) groups is 1. The Morgan fingerprint density at radius 2 is 1.45 bits per heavy atom. The van der Waals surface area contributed by atoms with Crippen LogP contribution in [0, 0.1) is 6.92 Å². The molecule has 8 heteroatoms. The molecular formula is C25H23NO6S. The summed E-state index contributed by atoms with van der Waals surface area (Å²) < 4.78 is 44.5. The van der Waals surface area contributed by atoms with Crippen LogP contribution in [-0.4, -0.2) is 39.5 Å². The van der Waals surface area contributed by atoms with Crippen molar-refractivity contribution in [2.75, 3.05) is 21.3 Å². The van der Waals surface area contributed by atoms with Gasteiger partial charge in [-0.2, -0.15) is 0 Å². The topological polar surface area (TPSA) is 83.8 Å². The van der Waals surface area contributed by atoms with Crippen LogP contribution in [0.3, 0.4) is 0 Å². The Morgan fingerprint density at radius 3 is 2.03 bits per heavy atom. The van der Waals surface area contributed by atoms with Gasteiger partial charge in [0.1, 0.15) is 5.69 Å². The van der Waals surface area contributed by atoms with Crippen LogP contribution in [0.4, 0.5) is 0 Å². The molecular weight excluding hydrogens is 442 g/mol. The molecule has 4 rings (SSSR count). The number of nitrogens with zero attached hydrogens (tertiary/aromatic N) is 1. The maximum absolute atomic E-state index is 13.7. The van der Waals surface area contributed by atoms with Gasteiger partial charge in [-0.15, -0.1) is 0 Å². The molecule has 3 aromatic carbocycles. The molecule has 0 spiro atoms. The molecule has 0 radical (unpaired) electrons. The van der Waals surface area contributed by atoms with Gasteiger partial charge >= 0.3 is 0 Å². The number of ether oxygens (including phenoxy) is 3. The van der Waals surface area contributed by atoms with Gasteiger partial charge in [0.2, 0.25) is 11.5 Å². The fraction of sp³-hybridized carbons (Fsp3) is 0.160. The van der Waals surface area contributed by atoms with E-state index >= 15 is 0 Å². The number of hydrogen-bond donors (Lipinski definition) is 0. The van der Waals surface area contributed by atoms with Gasteiger partial charge in [0, 0.05) is 10.9 Å². The number of benzene rings is 3. The van der Waals surface area contributed by atoms with Crippen molar-refractivity contribution >= 4 is 26.7 Å². The zero-order valence-electron chi connectivity index (χ0n) is 18.7. The maximum atomic E-state index is 13.7. The molecule has 0 amide bonds. The zero-order valence-corrected chi connectivity index (χ0v) is 19.5. The van der Waals surface area contributed by atoms with Crippen molar-refractivity contribution in [2.45, 2.75) is 11.8 Å². The van der Waals surface area contributed by atoms with Crippen molar-refractivity contribution in [3.8, 4) is 17.2 Å². The Balaban J connectivity index is 2.00. The summed E-state index contributed by atoms with van der Waals surface area (Å²) in [5, 5.41) is 0.635. The quantitative estimate of drug-likeness (QED) is 0.375. The predicted molar refractivity (Wildman–Crippen MR) is 125 cm³/mol. The minimum Gasteiger partial charge on any atom is -0.493 e. The first kappa shape index (κ1) is 22.4. The summed E-state index contributed by atoms with van der Waals surface area (Å²) in [6, 6.07) is 18.0. The number of carbonyl (C=O) groups excluding carboxylic acids is 1. The first-order valence-electron chi connectivity index (χ1n) is 10.1. The summed E-state index contributed by atoms with van der Waals surface area (Å²) in [7, 11) is 0.308. The van der Waals surface area contributed by atoms with Crippen molar-refractivity contribution < 1.29 is 27.4 Å². The molecule has 0 saturated carbocycles. The van der Waals surface area contributed by atoms with E-state index in [4.69, 9.17) is 14.2 Å². The molecule has 1 heterocycles. The highest BCUT2D eigenvalue weighted by molar-refractivity contribution is 7.90. The van der Waals surface area contributed by atoms with Crippen LogP contribution in [0.15, 0.2) is 71.6 Å². The Labute approximate surface area is 192 Å². The van der Waals surface area contributed by atoms with Crippen LogP contribution in [0.1, 0.15) is 21.6 Å². The van der Waals surface area contributed by atoms with Gasteiger partial charge in [0.05, 0.1) is 31.7 Å². The molecule has 0 aliphatic rings. The van der Waals surface area contributed by atoms with E-state index in [1.807, 2.05) is 13.0 Å². The van der Waals surface area contributed by atoms with Crippen molar-refractivity contribution in [2.24, 2.45) is 0 Å². The van der Waals surface area contributed by atoms with Crippen molar-refractivity contribution in [3.63, 3.8) is 0 Å². The average Bonchev–Trinajstić information content (AvgIpc) is 3.22. The van der Waals surface area contributed by atoms with Gasteiger partial charge in [-0.3, -0.25) is 4.79 Å². The molecule has 170 valence electrons. The Bertz CT molecular complexity index is 1430. The molecule has 0 atom stereocenters. The highest BCUT2D eigenvalue weighted by Gasteiger charge is 2.28. The maximum Gasteiger partial charge on any atom is 0.268 e. The highest BCUT2D eigenvalue weighted by Crippen LogP contribution is 2.39. The first-order chi connectivity index (χ1) is 15.8.